The number of fused-ring (bicyclic) bond motifs is 3. The lowest BCUT2D eigenvalue weighted by atomic mass is 10.1. The molecule has 1 aromatic carbocycles. The number of aromatic nitrogens is 1. The van der Waals surface area contributed by atoms with Crippen molar-refractivity contribution in [2.24, 2.45) is 0 Å². The summed E-state index contributed by atoms with van der Waals surface area (Å²) in [6.07, 6.45) is 3.82. The van der Waals surface area contributed by atoms with Crippen molar-refractivity contribution in [1.29, 1.82) is 0 Å². The molecule has 0 saturated carbocycles. The zero-order chi connectivity index (χ0) is 13.5. The number of hydrogen-bond donors (Lipinski definition) is 0. The van der Waals surface area contributed by atoms with E-state index in [4.69, 9.17) is 9.40 Å². The number of piperidine rings is 1. The molecule has 3 aromatic rings. The number of aryl methyl sites for hydroxylation is 1. The first-order valence-corrected chi connectivity index (χ1v) is 7.37. The lowest BCUT2D eigenvalue weighted by Gasteiger charge is -2.27. The predicted molar refractivity (Wildman–Crippen MR) is 82.3 cm³/mol. The summed E-state index contributed by atoms with van der Waals surface area (Å²) in [7, 11) is 0. The van der Waals surface area contributed by atoms with Gasteiger partial charge < -0.3 is 9.32 Å². The number of rotatable bonds is 1. The molecule has 4 rings (SSSR count). The van der Waals surface area contributed by atoms with E-state index in [1.54, 1.807) is 0 Å². The molecule has 1 saturated heterocycles. The van der Waals surface area contributed by atoms with Crippen LogP contribution in [0.5, 0.6) is 0 Å². The number of nitrogens with zero attached hydrogens (tertiary/aromatic N) is 2. The van der Waals surface area contributed by atoms with Crippen LogP contribution in [0, 0.1) is 6.92 Å². The minimum atomic E-state index is 0.947. The minimum absolute atomic E-state index is 0.947. The van der Waals surface area contributed by atoms with Crippen LogP contribution in [0.15, 0.2) is 34.7 Å². The topological polar surface area (TPSA) is 29.3 Å². The van der Waals surface area contributed by atoms with Crippen LogP contribution in [0.25, 0.3) is 21.9 Å². The van der Waals surface area contributed by atoms with Gasteiger partial charge in [0.15, 0.2) is 11.4 Å². The van der Waals surface area contributed by atoms with Gasteiger partial charge in [-0.1, -0.05) is 18.2 Å². The zero-order valence-corrected chi connectivity index (χ0v) is 11.7. The van der Waals surface area contributed by atoms with Gasteiger partial charge in [0.05, 0.1) is 5.52 Å². The Morgan fingerprint density at radius 3 is 2.70 bits per heavy atom. The van der Waals surface area contributed by atoms with Gasteiger partial charge >= 0.3 is 0 Å². The Kier molecular flexibility index (Phi) is 2.66. The third kappa shape index (κ3) is 1.77. The maximum absolute atomic E-state index is 5.96. The highest BCUT2D eigenvalue weighted by molar-refractivity contribution is 6.08. The van der Waals surface area contributed by atoms with Crippen molar-refractivity contribution in [3.05, 3.63) is 36.1 Å². The molecule has 3 nitrogen and oxygen atoms in total. The molecule has 0 N–H and O–H groups in total. The first-order valence-electron chi connectivity index (χ1n) is 7.37. The molecule has 0 aliphatic carbocycles. The molecular weight excluding hydrogens is 248 g/mol. The van der Waals surface area contributed by atoms with Gasteiger partial charge in [-0.15, -0.1) is 0 Å². The van der Waals surface area contributed by atoms with Crippen molar-refractivity contribution < 1.29 is 4.42 Å². The molecular formula is C17H18N2O. The average Bonchev–Trinajstić information content (AvgIpc) is 2.89. The number of anilines is 1. The van der Waals surface area contributed by atoms with Crippen LogP contribution in [0.1, 0.15) is 25.0 Å². The highest BCUT2D eigenvalue weighted by Gasteiger charge is 2.19. The number of para-hydroxylation sites is 1. The van der Waals surface area contributed by atoms with Gasteiger partial charge in [0.1, 0.15) is 5.76 Å². The normalized spacial score (nSPS) is 16.1. The van der Waals surface area contributed by atoms with Gasteiger partial charge in [0.2, 0.25) is 0 Å². The molecule has 1 aliphatic heterocycles. The number of benzene rings is 1. The minimum Gasteiger partial charge on any atom is -0.457 e. The van der Waals surface area contributed by atoms with Crippen molar-refractivity contribution >= 4 is 27.7 Å². The van der Waals surface area contributed by atoms with Crippen molar-refractivity contribution in [1.82, 2.24) is 4.98 Å². The van der Waals surface area contributed by atoms with Crippen molar-refractivity contribution in [2.75, 3.05) is 18.0 Å². The molecule has 20 heavy (non-hydrogen) atoms. The molecule has 0 spiro atoms. The van der Waals surface area contributed by atoms with Gasteiger partial charge in [0.25, 0.3) is 0 Å². The summed E-state index contributed by atoms with van der Waals surface area (Å²) in [4.78, 5) is 7.25. The van der Waals surface area contributed by atoms with Crippen LogP contribution in [0.4, 0.5) is 5.82 Å². The Morgan fingerprint density at radius 1 is 1.05 bits per heavy atom. The quantitative estimate of drug-likeness (QED) is 0.658. The lowest BCUT2D eigenvalue weighted by Crippen LogP contribution is -2.30. The summed E-state index contributed by atoms with van der Waals surface area (Å²) in [5.74, 6) is 1.97. The van der Waals surface area contributed by atoms with E-state index in [9.17, 15) is 0 Å². The van der Waals surface area contributed by atoms with E-state index in [1.807, 2.05) is 13.0 Å². The van der Waals surface area contributed by atoms with Gasteiger partial charge in [-0.3, -0.25) is 0 Å². The fourth-order valence-corrected chi connectivity index (χ4v) is 3.16. The van der Waals surface area contributed by atoms with Gasteiger partial charge in [-0.25, -0.2) is 4.98 Å². The van der Waals surface area contributed by atoms with Gasteiger partial charge in [-0.2, -0.15) is 0 Å². The SMILES string of the molecule is Cc1cc2c(o1)c(N1CCCCC1)nc1ccccc12. The van der Waals surface area contributed by atoms with E-state index in [0.717, 1.165) is 35.8 Å². The van der Waals surface area contributed by atoms with E-state index < -0.39 is 0 Å². The van der Waals surface area contributed by atoms with Crippen molar-refractivity contribution in [2.45, 2.75) is 26.2 Å². The van der Waals surface area contributed by atoms with Crippen LogP contribution < -0.4 is 4.90 Å². The number of hydrogen-bond acceptors (Lipinski definition) is 3. The molecule has 3 heteroatoms. The van der Waals surface area contributed by atoms with Gasteiger partial charge in [-0.05, 0) is 38.3 Å². The molecule has 1 aliphatic rings. The molecule has 2 aromatic heterocycles. The third-order valence-electron chi connectivity index (χ3n) is 4.13. The van der Waals surface area contributed by atoms with Crippen LogP contribution >= 0.6 is 0 Å². The van der Waals surface area contributed by atoms with E-state index in [0.29, 0.717) is 0 Å². The van der Waals surface area contributed by atoms with Crippen molar-refractivity contribution in [3.63, 3.8) is 0 Å². The Balaban J connectivity index is 2.01. The first kappa shape index (κ1) is 11.8. The van der Waals surface area contributed by atoms with E-state index in [1.165, 1.54) is 30.0 Å². The summed E-state index contributed by atoms with van der Waals surface area (Å²) in [6, 6.07) is 10.5. The Bertz CT molecular complexity index is 769. The van der Waals surface area contributed by atoms with Crippen molar-refractivity contribution in [3.8, 4) is 0 Å². The molecule has 0 bridgehead atoms. The second-order valence-electron chi connectivity index (χ2n) is 5.60. The monoisotopic (exact) mass is 266 g/mol. The van der Waals surface area contributed by atoms with Crippen LogP contribution in [-0.2, 0) is 0 Å². The zero-order valence-electron chi connectivity index (χ0n) is 11.7. The fourth-order valence-electron chi connectivity index (χ4n) is 3.16. The smallest absolute Gasteiger partial charge is 0.177 e. The molecule has 102 valence electrons. The van der Waals surface area contributed by atoms with E-state index in [2.05, 4.69) is 29.2 Å². The molecule has 1 fully saturated rings. The van der Waals surface area contributed by atoms with E-state index in [-0.39, 0.29) is 0 Å². The molecule has 0 atom stereocenters. The second-order valence-corrected chi connectivity index (χ2v) is 5.60. The maximum atomic E-state index is 5.96. The Morgan fingerprint density at radius 2 is 1.85 bits per heavy atom. The third-order valence-corrected chi connectivity index (χ3v) is 4.13. The van der Waals surface area contributed by atoms with Crippen LogP contribution in [-0.4, -0.2) is 18.1 Å². The maximum Gasteiger partial charge on any atom is 0.177 e. The Hall–Kier alpha value is -2.03. The molecule has 3 heterocycles. The average molecular weight is 266 g/mol. The first-order chi connectivity index (χ1) is 9.83. The summed E-state index contributed by atoms with van der Waals surface area (Å²) in [6.45, 7) is 4.18. The predicted octanol–water partition coefficient (Wildman–Crippen LogP) is 4.28. The standard InChI is InChI=1S/C17H18N2O/c1-12-11-14-13-7-3-4-8-15(13)18-17(16(14)20-12)19-9-5-2-6-10-19/h3-4,7-8,11H,2,5-6,9-10H2,1H3. The molecule has 0 radical (unpaired) electrons. The largest absolute Gasteiger partial charge is 0.457 e. The summed E-state index contributed by atoms with van der Waals surface area (Å²) >= 11 is 0. The van der Waals surface area contributed by atoms with Crippen LogP contribution in [0.3, 0.4) is 0 Å². The fraction of sp³-hybridized carbons (Fsp3) is 0.353. The molecule has 0 unspecified atom stereocenters. The Labute approximate surface area is 118 Å². The number of furan rings is 1. The van der Waals surface area contributed by atoms with Crippen LogP contribution in [0.2, 0.25) is 0 Å². The summed E-state index contributed by atoms with van der Waals surface area (Å²) in [5.41, 5.74) is 2.00. The summed E-state index contributed by atoms with van der Waals surface area (Å²) < 4.78 is 5.96. The van der Waals surface area contributed by atoms with Gasteiger partial charge in [0, 0.05) is 23.9 Å². The lowest BCUT2D eigenvalue weighted by molar-refractivity contribution is 0.555. The highest BCUT2D eigenvalue weighted by atomic mass is 16.3. The second kappa shape index (κ2) is 4.51. The number of pyridine rings is 1. The highest BCUT2D eigenvalue weighted by Crippen LogP contribution is 2.34. The molecule has 0 amide bonds. The summed E-state index contributed by atoms with van der Waals surface area (Å²) in [5, 5.41) is 2.37. The van der Waals surface area contributed by atoms with E-state index >= 15 is 0 Å².